The number of Topliss-reactive ketones (excluding diaryl/α,β-unsaturated/α-hetero) is 1. The molecule has 200 valence electrons. The second-order valence-electron chi connectivity index (χ2n) is 9.47. The van der Waals surface area contributed by atoms with Gasteiger partial charge in [-0.1, -0.05) is 48.5 Å². The average molecular weight is 572 g/mol. The van der Waals surface area contributed by atoms with Crippen molar-refractivity contribution in [3.05, 3.63) is 125 Å². The first-order valence-corrected chi connectivity index (χ1v) is 13.4. The average Bonchev–Trinajstić information content (AvgIpc) is 3.44. The van der Waals surface area contributed by atoms with Crippen LogP contribution in [0.4, 0.5) is 5.69 Å². The Morgan fingerprint density at radius 1 is 0.805 bits per heavy atom. The van der Waals surface area contributed by atoms with Gasteiger partial charge in [0.2, 0.25) is 0 Å². The van der Waals surface area contributed by atoms with Crippen molar-refractivity contribution >= 4 is 45.8 Å². The molecule has 1 aromatic heterocycles. The van der Waals surface area contributed by atoms with E-state index in [0.29, 0.717) is 34.5 Å². The Morgan fingerprint density at radius 3 is 2.12 bits per heavy atom. The van der Waals surface area contributed by atoms with Gasteiger partial charge in [0, 0.05) is 42.9 Å². The number of carboxylic acid groups (broad SMARTS) is 1. The fourth-order valence-electron chi connectivity index (χ4n) is 4.37. The summed E-state index contributed by atoms with van der Waals surface area (Å²) < 4.78 is 14.3. The number of anilines is 1. The van der Waals surface area contributed by atoms with E-state index < -0.39 is 11.8 Å². The van der Waals surface area contributed by atoms with Crippen molar-refractivity contribution in [3.8, 4) is 5.75 Å². The predicted molar refractivity (Wildman–Crippen MR) is 155 cm³/mol. The molecule has 0 amide bonds. The maximum absolute atomic E-state index is 13.9. The molecule has 5 rings (SSSR count). The molecule has 0 aliphatic heterocycles. The Morgan fingerprint density at radius 2 is 1.46 bits per heavy atom. The third-order valence-corrected chi connectivity index (χ3v) is 7.08. The summed E-state index contributed by atoms with van der Waals surface area (Å²) >= 11 is 1.04. The molecule has 7 nitrogen and oxygen atoms in total. The van der Waals surface area contributed by atoms with Gasteiger partial charge < -0.3 is 19.5 Å². The standard InChI is InChI=1S/C32H27N3O4S.Na/c1-35(2)25-13-8-21(9-14-25)18-27(30(32(37)38)24-12-17-28-29(19-24)34-40-33-28)31(36)23-10-15-26(16-11-23)39-20-22-6-4-3-5-7-22;/h3-17,19H,18,20H2,1-2H3,(H,37,38);/q;+1/p-1. The van der Waals surface area contributed by atoms with E-state index in [1.54, 1.807) is 42.5 Å². The minimum atomic E-state index is -1.43. The van der Waals surface area contributed by atoms with Crippen molar-refractivity contribution in [2.24, 2.45) is 0 Å². The van der Waals surface area contributed by atoms with Gasteiger partial charge in [0.05, 0.1) is 17.7 Å². The van der Waals surface area contributed by atoms with Crippen LogP contribution in [0.25, 0.3) is 16.6 Å². The molecule has 0 saturated carbocycles. The Kier molecular flexibility index (Phi) is 10.1. The molecule has 0 radical (unpaired) electrons. The van der Waals surface area contributed by atoms with Crippen molar-refractivity contribution in [3.63, 3.8) is 0 Å². The van der Waals surface area contributed by atoms with E-state index in [0.717, 1.165) is 28.5 Å². The maximum Gasteiger partial charge on any atom is 1.00 e. The Labute approximate surface area is 264 Å². The van der Waals surface area contributed by atoms with Crippen molar-refractivity contribution in [1.82, 2.24) is 8.75 Å². The summed E-state index contributed by atoms with van der Waals surface area (Å²) in [6.07, 6.45) is 0.107. The van der Waals surface area contributed by atoms with Gasteiger partial charge in [-0.05, 0) is 65.2 Å². The van der Waals surface area contributed by atoms with E-state index in [2.05, 4.69) is 8.75 Å². The number of ketones is 1. The van der Waals surface area contributed by atoms with Crippen LogP contribution in [0.1, 0.15) is 27.0 Å². The van der Waals surface area contributed by atoms with Crippen LogP contribution in [0.3, 0.4) is 0 Å². The van der Waals surface area contributed by atoms with Gasteiger partial charge in [0.1, 0.15) is 23.4 Å². The predicted octanol–water partition coefficient (Wildman–Crippen LogP) is 1.97. The summed E-state index contributed by atoms with van der Waals surface area (Å²) in [5, 5.41) is 12.6. The van der Waals surface area contributed by atoms with Crippen LogP contribution >= 0.6 is 11.7 Å². The van der Waals surface area contributed by atoms with E-state index >= 15 is 0 Å². The summed E-state index contributed by atoms with van der Waals surface area (Å²) in [6, 6.07) is 29.1. The molecule has 0 aliphatic carbocycles. The number of nitrogens with zero attached hydrogens (tertiary/aromatic N) is 3. The fourth-order valence-corrected chi connectivity index (χ4v) is 4.89. The zero-order valence-corrected chi connectivity index (χ0v) is 25.9. The topological polar surface area (TPSA) is 95.5 Å². The number of benzene rings is 4. The number of ether oxygens (including phenoxy) is 1. The monoisotopic (exact) mass is 571 g/mol. The van der Waals surface area contributed by atoms with E-state index in [9.17, 15) is 14.7 Å². The van der Waals surface area contributed by atoms with Crippen LogP contribution in [-0.4, -0.2) is 34.6 Å². The second-order valence-corrected chi connectivity index (χ2v) is 10.0. The molecular formula is C32H26N3NaO4S. The normalized spacial score (nSPS) is 11.4. The summed E-state index contributed by atoms with van der Waals surface area (Å²) in [5.41, 5.74) is 4.68. The Bertz CT molecular complexity index is 1680. The fraction of sp³-hybridized carbons (Fsp3) is 0.125. The number of aliphatic carboxylic acids is 1. The number of allylic oxidation sites excluding steroid dienone is 1. The van der Waals surface area contributed by atoms with Crippen molar-refractivity contribution in [1.29, 1.82) is 0 Å². The summed E-state index contributed by atoms with van der Waals surface area (Å²) in [5.74, 6) is -1.23. The molecule has 41 heavy (non-hydrogen) atoms. The van der Waals surface area contributed by atoms with Crippen LogP contribution in [0.2, 0.25) is 0 Å². The van der Waals surface area contributed by atoms with Crippen molar-refractivity contribution in [2.75, 3.05) is 19.0 Å². The number of carbonyl (C=O) groups excluding carboxylic acids is 2. The van der Waals surface area contributed by atoms with Crippen LogP contribution in [0.5, 0.6) is 5.75 Å². The summed E-state index contributed by atoms with van der Waals surface area (Å²) in [7, 11) is 3.88. The number of carboxylic acids is 1. The van der Waals surface area contributed by atoms with E-state index in [-0.39, 0.29) is 47.1 Å². The third-order valence-electron chi connectivity index (χ3n) is 6.52. The molecule has 0 aliphatic rings. The molecule has 0 unspecified atom stereocenters. The van der Waals surface area contributed by atoms with Gasteiger partial charge in [-0.2, -0.15) is 8.75 Å². The number of fused-ring (bicyclic) bond motifs is 1. The molecule has 5 aromatic rings. The minimum Gasteiger partial charge on any atom is -0.545 e. The summed E-state index contributed by atoms with van der Waals surface area (Å²) in [4.78, 5) is 28.5. The zero-order valence-electron chi connectivity index (χ0n) is 23.0. The maximum atomic E-state index is 13.9. The SMILES string of the molecule is CN(C)c1ccc(CC(C(=O)c2ccc(OCc3ccccc3)cc2)=C(C(=O)[O-])c2ccc3nsnc3c2)cc1.[Na+]. The number of hydrogen-bond acceptors (Lipinski definition) is 8. The largest absolute Gasteiger partial charge is 1.00 e. The van der Waals surface area contributed by atoms with Crippen molar-refractivity contribution in [2.45, 2.75) is 13.0 Å². The molecule has 0 saturated heterocycles. The zero-order chi connectivity index (χ0) is 28.1. The molecule has 1 heterocycles. The quantitative estimate of drug-likeness (QED) is 0.144. The minimum absolute atomic E-state index is 0. The molecular weight excluding hydrogens is 545 g/mol. The van der Waals surface area contributed by atoms with Crippen LogP contribution in [-0.2, 0) is 17.8 Å². The molecule has 0 bridgehead atoms. The van der Waals surface area contributed by atoms with E-state index in [4.69, 9.17) is 4.74 Å². The molecule has 0 N–H and O–H groups in total. The third kappa shape index (κ3) is 7.28. The Hall–Kier alpha value is -3.82. The molecule has 9 heteroatoms. The Balaban J connectivity index is 0.00000387. The van der Waals surface area contributed by atoms with E-state index in [1.807, 2.05) is 73.6 Å². The van der Waals surface area contributed by atoms with Crippen LogP contribution in [0.15, 0.2) is 103 Å². The van der Waals surface area contributed by atoms with Gasteiger partial charge in [-0.15, -0.1) is 0 Å². The van der Waals surface area contributed by atoms with Gasteiger partial charge in [-0.25, -0.2) is 0 Å². The molecule has 0 atom stereocenters. The smallest absolute Gasteiger partial charge is 0.545 e. The number of carbonyl (C=O) groups is 2. The summed E-state index contributed by atoms with van der Waals surface area (Å²) in [6.45, 7) is 0.394. The molecule has 0 fully saturated rings. The van der Waals surface area contributed by atoms with Gasteiger partial charge in [0.15, 0.2) is 5.78 Å². The van der Waals surface area contributed by atoms with Crippen LogP contribution in [0, 0.1) is 0 Å². The first-order valence-electron chi connectivity index (χ1n) is 12.6. The van der Waals surface area contributed by atoms with Gasteiger partial charge in [0.25, 0.3) is 0 Å². The van der Waals surface area contributed by atoms with Gasteiger partial charge >= 0.3 is 29.6 Å². The van der Waals surface area contributed by atoms with Crippen molar-refractivity contribution < 1.29 is 49.0 Å². The first kappa shape index (κ1) is 30.1. The number of hydrogen-bond donors (Lipinski definition) is 0. The number of aromatic nitrogens is 2. The first-order chi connectivity index (χ1) is 19.4. The van der Waals surface area contributed by atoms with Crippen LogP contribution < -0.4 is 44.3 Å². The molecule has 0 spiro atoms. The molecule has 4 aromatic carbocycles. The van der Waals surface area contributed by atoms with E-state index in [1.165, 1.54) is 0 Å². The second kappa shape index (κ2) is 13.7. The van der Waals surface area contributed by atoms with Gasteiger partial charge in [-0.3, -0.25) is 4.79 Å². The number of rotatable bonds is 10.